The van der Waals surface area contributed by atoms with Gasteiger partial charge in [0.05, 0.1) is 18.8 Å². The van der Waals surface area contributed by atoms with Crippen LogP contribution in [0, 0.1) is 6.92 Å². The molecule has 2 aliphatic heterocycles. The lowest BCUT2D eigenvalue weighted by atomic mass is 10.1. The van der Waals surface area contributed by atoms with Crippen LogP contribution in [0.4, 0.5) is 11.6 Å². The number of hydrogen-bond donors (Lipinski definition) is 3. The fourth-order valence-corrected chi connectivity index (χ4v) is 4.25. The molecular weight excluding hydrogens is 422 g/mol. The molecule has 0 spiro atoms. The van der Waals surface area contributed by atoms with Crippen LogP contribution in [0.2, 0.25) is 0 Å². The van der Waals surface area contributed by atoms with E-state index < -0.39 is 6.10 Å². The quantitative estimate of drug-likeness (QED) is 0.493. The van der Waals surface area contributed by atoms with Crippen molar-refractivity contribution in [1.82, 2.24) is 15.3 Å². The Morgan fingerprint density at radius 3 is 2.91 bits per heavy atom. The molecule has 2 aliphatic rings. The van der Waals surface area contributed by atoms with E-state index in [9.17, 15) is 5.11 Å². The first-order chi connectivity index (χ1) is 16.1. The average Bonchev–Trinajstić information content (AvgIpc) is 3.51. The van der Waals surface area contributed by atoms with Gasteiger partial charge in [0.2, 0.25) is 0 Å². The number of nitrogens with one attached hydrogen (secondary N) is 2. The molecule has 9 nitrogen and oxygen atoms in total. The Morgan fingerprint density at radius 2 is 2.18 bits per heavy atom. The summed E-state index contributed by atoms with van der Waals surface area (Å²) in [6.07, 6.45) is 1.58. The Balaban J connectivity index is 1.62. The molecule has 2 fully saturated rings. The topological polar surface area (TPSA) is 101 Å². The summed E-state index contributed by atoms with van der Waals surface area (Å²) < 4.78 is 16.9. The van der Waals surface area contributed by atoms with Gasteiger partial charge in [-0.3, -0.25) is 0 Å². The molecule has 1 aromatic carbocycles. The zero-order valence-corrected chi connectivity index (χ0v) is 19.7. The van der Waals surface area contributed by atoms with Crippen molar-refractivity contribution in [2.75, 3.05) is 63.8 Å². The maximum Gasteiger partial charge on any atom is 0.164 e. The van der Waals surface area contributed by atoms with Gasteiger partial charge in [-0.15, -0.1) is 0 Å². The van der Waals surface area contributed by atoms with Gasteiger partial charge in [-0.25, -0.2) is 9.97 Å². The van der Waals surface area contributed by atoms with E-state index in [-0.39, 0.29) is 18.8 Å². The second-order valence-electron chi connectivity index (χ2n) is 8.69. The van der Waals surface area contributed by atoms with Crippen molar-refractivity contribution in [1.29, 1.82) is 0 Å². The van der Waals surface area contributed by atoms with Gasteiger partial charge in [0.25, 0.3) is 0 Å². The Kier molecular flexibility index (Phi) is 7.97. The largest absolute Gasteiger partial charge is 0.491 e. The molecule has 3 N–H and O–H groups in total. The fourth-order valence-electron chi connectivity index (χ4n) is 4.25. The molecule has 4 rings (SSSR count). The van der Waals surface area contributed by atoms with Gasteiger partial charge in [0.1, 0.15) is 30.1 Å². The van der Waals surface area contributed by atoms with Crippen LogP contribution in [-0.4, -0.2) is 86.9 Å². The normalized spacial score (nSPS) is 21.4. The van der Waals surface area contributed by atoms with Crippen molar-refractivity contribution in [2.45, 2.75) is 38.0 Å². The first-order valence-corrected chi connectivity index (χ1v) is 11.6. The Morgan fingerprint density at radius 1 is 1.30 bits per heavy atom. The summed E-state index contributed by atoms with van der Waals surface area (Å²) in [4.78, 5) is 12.1. The van der Waals surface area contributed by atoms with E-state index >= 15 is 0 Å². The van der Waals surface area contributed by atoms with E-state index in [4.69, 9.17) is 24.2 Å². The molecule has 180 valence electrons. The van der Waals surface area contributed by atoms with E-state index in [0.29, 0.717) is 24.7 Å². The van der Waals surface area contributed by atoms with Crippen LogP contribution in [0.1, 0.15) is 18.4 Å². The molecule has 0 radical (unpaired) electrons. The van der Waals surface area contributed by atoms with Crippen LogP contribution in [-0.2, 0) is 9.47 Å². The minimum absolute atomic E-state index is 0.211. The summed E-state index contributed by atoms with van der Waals surface area (Å²) >= 11 is 0. The molecule has 1 unspecified atom stereocenters. The number of nitrogens with zero attached hydrogens (tertiary/aromatic N) is 3. The van der Waals surface area contributed by atoms with E-state index in [0.717, 1.165) is 55.3 Å². The van der Waals surface area contributed by atoms with Crippen LogP contribution in [0.5, 0.6) is 5.75 Å². The zero-order valence-electron chi connectivity index (χ0n) is 19.7. The Labute approximate surface area is 195 Å². The lowest BCUT2D eigenvalue weighted by molar-refractivity contribution is 0.108. The zero-order chi connectivity index (χ0) is 23.2. The van der Waals surface area contributed by atoms with Crippen molar-refractivity contribution in [3.63, 3.8) is 0 Å². The van der Waals surface area contributed by atoms with Gasteiger partial charge >= 0.3 is 0 Å². The minimum atomic E-state index is -0.575. The lowest BCUT2D eigenvalue weighted by Crippen LogP contribution is -2.29. The average molecular weight is 458 g/mol. The van der Waals surface area contributed by atoms with E-state index in [1.165, 1.54) is 0 Å². The van der Waals surface area contributed by atoms with Crippen molar-refractivity contribution >= 4 is 11.6 Å². The SMILES string of the molecule is CNCC(O)COc1cccc(-c2nc(N[C@@H]3CCOC3)c(C)c(N3CC[C@@H](OC)C3)n2)c1. The third kappa shape index (κ3) is 5.92. The molecule has 33 heavy (non-hydrogen) atoms. The molecule has 2 saturated heterocycles. The summed E-state index contributed by atoms with van der Waals surface area (Å²) in [5.41, 5.74) is 1.90. The molecular formula is C24H35N5O4. The van der Waals surface area contributed by atoms with Gasteiger partial charge < -0.3 is 34.9 Å². The monoisotopic (exact) mass is 457 g/mol. The van der Waals surface area contributed by atoms with E-state index in [2.05, 4.69) is 22.5 Å². The molecule has 1 aromatic heterocycles. The summed E-state index contributed by atoms with van der Waals surface area (Å²) in [5.74, 6) is 3.07. The number of aliphatic hydroxyl groups excluding tert-OH is 1. The third-order valence-corrected chi connectivity index (χ3v) is 6.14. The Hall–Kier alpha value is -2.46. The highest BCUT2D eigenvalue weighted by Gasteiger charge is 2.27. The molecule has 9 heteroatoms. The van der Waals surface area contributed by atoms with Gasteiger partial charge in [-0.2, -0.15) is 0 Å². The second-order valence-corrected chi connectivity index (χ2v) is 8.69. The molecule has 0 bridgehead atoms. The number of ether oxygens (including phenoxy) is 3. The highest BCUT2D eigenvalue weighted by atomic mass is 16.5. The number of rotatable bonds is 10. The number of aliphatic hydroxyl groups is 1. The first-order valence-electron chi connectivity index (χ1n) is 11.6. The van der Waals surface area contributed by atoms with Gasteiger partial charge in [0.15, 0.2) is 5.82 Å². The number of aromatic nitrogens is 2. The fraction of sp³-hybridized carbons (Fsp3) is 0.583. The third-order valence-electron chi connectivity index (χ3n) is 6.14. The van der Waals surface area contributed by atoms with Crippen LogP contribution < -0.4 is 20.3 Å². The number of hydrogen-bond acceptors (Lipinski definition) is 9. The minimum Gasteiger partial charge on any atom is -0.491 e. The lowest BCUT2D eigenvalue weighted by Gasteiger charge is -2.23. The van der Waals surface area contributed by atoms with Crippen LogP contribution in [0.15, 0.2) is 24.3 Å². The van der Waals surface area contributed by atoms with Crippen molar-refractivity contribution in [3.8, 4) is 17.1 Å². The summed E-state index contributed by atoms with van der Waals surface area (Å²) in [5, 5.41) is 16.5. The summed E-state index contributed by atoms with van der Waals surface area (Å²) in [6, 6.07) is 7.95. The molecule has 3 atom stereocenters. The van der Waals surface area contributed by atoms with Gasteiger partial charge in [0, 0.05) is 44.5 Å². The van der Waals surface area contributed by atoms with Gasteiger partial charge in [-0.1, -0.05) is 12.1 Å². The van der Waals surface area contributed by atoms with E-state index in [1.807, 2.05) is 24.3 Å². The number of likely N-dealkylation sites (N-methyl/N-ethyl adjacent to an activating group) is 1. The highest BCUT2D eigenvalue weighted by molar-refractivity contribution is 5.67. The summed E-state index contributed by atoms with van der Waals surface area (Å²) in [7, 11) is 3.56. The standard InChI is InChI=1S/C24H35N5O4/c1-16-22(26-18-8-10-32-14-18)27-23(28-24(16)29-9-7-21(13-29)31-3)17-5-4-6-20(11-17)33-15-19(30)12-25-2/h4-6,11,18-19,21,25,30H,7-10,12-15H2,1-3H3,(H,26,27,28)/t18-,19?,21-/m1/s1. The molecule has 0 saturated carbocycles. The predicted octanol–water partition coefficient (Wildman–Crippen LogP) is 1.84. The molecule has 3 heterocycles. The van der Waals surface area contributed by atoms with Gasteiger partial charge in [-0.05, 0) is 38.9 Å². The Bertz CT molecular complexity index is 922. The maximum absolute atomic E-state index is 9.95. The molecule has 2 aromatic rings. The van der Waals surface area contributed by atoms with Crippen LogP contribution in [0.25, 0.3) is 11.4 Å². The number of methoxy groups -OCH3 is 1. The smallest absolute Gasteiger partial charge is 0.164 e. The van der Waals surface area contributed by atoms with Crippen molar-refractivity contribution < 1.29 is 19.3 Å². The number of anilines is 2. The second kappa shape index (κ2) is 11.1. The highest BCUT2D eigenvalue weighted by Crippen LogP contribution is 2.32. The number of benzene rings is 1. The van der Waals surface area contributed by atoms with Crippen molar-refractivity contribution in [3.05, 3.63) is 29.8 Å². The summed E-state index contributed by atoms with van der Waals surface area (Å²) in [6.45, 7) is 5.91. The predicted molar refractivity (Wildman–Crippen MR) is 128 cm³/mol. The van der Waals surface area contributed by atoms with E-state index in [1.54, 1.807) is 14.2 Å². The van der Waals surface area contributed by atoms with Crippen LogP contribution >= 0.6 is 0 Å². The molecule has 0 aliphatic carbocycles. The van der Waals surface area contributed by atoms with Crippen molar-refractivity contribution in [2.24, 2.45) is 0 Å². The first kappa shape index (κ1) is 23.7. The molecule has 0 amide bonds. The maximum atomic E-state index is 9.95. The van der Waals surface area contributed by atoms with Crippen LogP contribution in [0.3, 0.4) is 0 Å².